The maximum Gasteiger partial charge on any atom is 0.427 e. The fourth-order valence-electron chi connectivity index (χ4n) is 7.16. The molecule has 5 heterocycles. The minimum Gasteiger partial charge on any atom is -0.472 e. The smallest absolute Gasteiger partial charge is 0.427 e. The summed E-state index contributed by atoms with van der Waals surface area (Å²) in [6.07, 6.45) is 4.79. The lowest BCUT2D eigenvalue weighted by Gasteiger charge is -2.37. The van der Waals surface area contributed by atoms with E-state index in [4.69, 9.17) is 40.9 Å². The number of aromatic nitrogens is 5. The first-order valence-corrected chi connectivity index (χ1v) is 17.6. The number of imidazole rings is 1. The number of anilines is 1. The molecule has 50 heavy (non-hydrogen) atoms. The SMILES string of the molecule is CC1CCC(Cn2c(N3CCOC[C@H]3c3ccccc3)nc3nc(C4NOC(=O)N4)nc(-c4cc(Cl)cnc4OCc4ccccc4)c32)CC1. The number of halogens is 1. The summed E-state index contributed by atoms with van der Waals surface area (Å²) in [5.74, 6) is 2.62. The van der Waals surface area contributed by atoms with Crippen LogP contribution in [0.15, 0.2) is 72.9 Å². The summed E-state index contributed by atoms with van der Waals surface area (Å²) in [5.41, 5.74) is 7.23. The molecule has 0 spiro atoms. The van der Waals surface area contributed by atoms with Gasteiger partial charge in [0.25, 0.3) is 0 Å². The van der Waals surface area contributed by atoms with Crippen molar-refractivity contribution in [3.8, 4) is 17.1 Å². The average molecular weight is 695 g/mol. The minimum absolute atomic E-state index is 0.0513. The highest BCUT2D eigenvalue weighted by Crippen LogP contribution is 2.40. The first kappa shape index (κ1) is 32.4. The van der Waals surface area contributed by atoms with Gasteiger partial charge in [-0.3, -0.25) is 5.32 Å². The van der Waals surface area contributed by atoms with Crippen molar-refractivity contribution >= 4 is 34.8 Å². The van der Waals surface area contributed by atoms with Crippen molar-refractivity contribution in [3.63, 3.8) is 0 Å². The van der Waals surface area contributed by atoms with Crippen LogP contribution in [0.4, 0.5) is 10.7 Å². The van der Waals surface area contributed by atoms with Crippen LogP contribution in [-0.4, -0.2) is 50.4 Å². The van der Waals surface area contributed by atoms with Gasteiger partial charge in [-0.2, -0.15) is 4.98 Å². The molecule has 2 atom stereocenters. The second kappa shape index (κ2) is 14.2. The predicted molar refractivity (Wildman–Crippen MR) is 188 cm³/mol. The number of pyridine rings is 1. The molecule has 2 N–H and O–H groups in total. The Morgan fingerprint density at radius 1 is 1.00 bits per heavy atom. The molecule has 1 saturated carbocycles. The van der Waals surface area contributed by atoms with Crippen LogP contribution >= 0.6 is 11.6 Å². The van der Waals surface area contributed by atoms with E-state index >= 15 is 0 Å². The standard InChI is InChI=1S/C37H39ClN8O4/c1-23-12-14-24(15-13-23)20-46-31-30(28-18-27(38)19-39-35(28)49-21-25-8-4-2-5-9-25)40-33(34-43-37(47)50-44-34)41-32(31)42-36(46)45-16-17-48-22-29(45)26-10-6-3-7-11-26/h2-11,18-19,23-24,29,34,44H,12-17,20-22H2,1H3,(H,43,47)/t23?,24?,29-,34?/m0/s1. The lowest BCUT2D eigenvalue weighted by molar-refractivity contribution is 0.0927. The molecule has 3 aromatic heterocycles. The Morgan fingerprint density at radius 2 is 1.78 bits per heavy atom. The van der Waals surface area contributed by atoms with Gasteiger partial charge in [-0.05, 0) is 41.9 Å². The third kappa shape index (κ3) is 6.70. The molecule has 2 aromatic carbocycles. The molecule has 2 aliphatic heterocycles. The highest BCUT2D eigenvalue weighted by Gasteiger charge is 2.34. The number of carbonyl (C=O) groups is 1. The number of hydrogen-bond acceptors (Lipinski definition) is 10. The number of nitrogens with one attached hydrogen (secondary N) is 2. The second-order valence-electron chi connectivity index (χ2n) is 13.3. The fourth-order valence-corrected chi connectivity index (χ4v) is 7.32. The monoisotopic (exact) mass is 694 g/mol. The molecule has 258 valence electrons. The molecule has 1 aliphatic carbocycles. The van der Waals surface area contributed by atoms with Crippen LogP contribution in [-0.2, 0) is 22.7 Å². The normalized spacial score (nSPS) is 22.4. The fraction of sp³-hybridized carbons (Fsp3) is 0.378. The van der Waals surface area contributed by atoms with E-state index in [1.165, 1.54) is 12.8 Å². The number of rotatable bonds is 9. The van der Waals surface area contributed by atoms with Gasteiger partial charge in [0.15, 0.2) is 17.6 Å². The van der Waals surface area contributed by atoms with Gasteiger partial charge in [0.05, 0.1) is 29.8 Å². The van der Waals surface area contributed by atoms with Crippen molar-refractivity contribution in [1.29, 1.82) is 0 Å². The lowest BCUT2D eigenvalue weighted by atomic mass is 9.83. The molecule has 8 rings (SSSR count). The number of hydroxylamine groups is 1. The highest BCUT2D eigenvalue weighted by molar-refractivity contribution is 6.30. The Balaban J connectivity index is 1.32. The van der Waals surface area contributed by atoms with E-state index in [0.717, 1.165) is 42.0 Å². The van der Waals surface area contributed by atoms with E-state index in [0.29, 0.717) is 66.0 Å². The first-order valence-electron chi connectivity index (χ1n) is 17.2. The van der Waals surface area contributed by atoms with Crippen molar-refractivity contribution < 1.29 is 19.1 Å². The number of morpholine rings is 1. The number of fused-ring (bicyclic) bond motifs is 1. The molecule has 1 unspecified atom stereocenters. The van der Waals surface area contributed by atoms with Crippen molar-refractivity contribution in [3.05, 3.63) is 94.9 Å². The summed E-state index contributed by atoms with van der Waals surface area (Å²) in [5, 5.41) is 3.17. The average Bonchev–Trinajstić information content (AvgIpc) is 3.75. The molecule has 13 heteroatoms. The zero-order chi connectivity index (χ0) is 34.0. The number of benzene rings is 2. The van der Waals surface area contributed by atoms with Gasteiger partial charge in [-0.15, -0.1) is 5.48 Å². The summed E-state index contributed by atoms with van der Waals surface area (Å²) < 4.78 is 14.7. The molecular formula is C37H39ClN8O4. The molecule has 5 aromatic rings. The van der Waals surface area contributed by atoms with Crippen LogP contribution in [0, 0.1) is 11.8 Å². The van der Waals surface area contributed by atoms with Crippen molar-refractivity contribution in [2.45, 2.75) is 58.0 Å². The molecular weight excluding hydrogens is 656 g/mol. The number of carbonyl (C=O) groups excluding carboxylic acids is 1. The Morgan fingerprint density at radius 3 is 2.54 bits per heavy atom. The zero-order valence-electron chi connectivity index (χ0n) is 27.8. The zero-order valence-corrected chi connectivity index (χ0v) is 28.6. The van der Waals surface area contributed by atoms with Gasteiger partial charge in [0.2, 0.25) is 11.8 Å². The third-order valence-electron chi connectivity index (χ3n) is 9.83. The third-order valence-corrected chi connectivity index (χ3v) is 10.0. The van der Waals surface area contributed by atoms with Gasteiger partial charge < -0.3 is 23.8 Å². The maximum atomic E-state index is 12.1. The summed E-state index contributed by atoms with van der Waals surface area (Å²) in [6.45, 7) is 5.13. The summed E-state index contributed by atoms with van der Waals surface area (Å²) in [6, 6.07) is 22.1. The molecule has 3 fully saturated rings. The summed E-state index contributed by atoms with van der Waals surface area (Å²) in [7, 11) is 0. The molecule has 12 nitrogen and oxygen atoms in total. The van der Waals surface area contributed by atoms with Gasteiger partial charge in [-0.25, -0.2) is 19.7 Å². The highest BCUT2D eigenvalue weighted by atomic mass is 35.5. The maximum absolute atomic E-state index is 12.1. The van der Waals surface area contributed by atoms with Crippen LogP contribution in [0.2, 0.25) is 5.02 Å². The number of nitrogens with zero attached hydrogens (tertiary/aromatic N) is 6. The molecule has 0 radical (unpaired) electrons. The molecule has 3 aliphatic rings. The van der Waals surface area contributed by atoms with E-state index in [9.17, 15) is 4.79 Å². The van der Waals surface area contributed by atoms with E-state index in [1.54, 1.807) is 6.20 Å². The number of hydrogen-bond donors (Lipinski definition) is 2. The van der Waals surface area contributed by atoms with Gasteiger partial charge in [0, 0.05) is 19.3 Å². The first-order chi connectivity index (χ1) is 24.5. The van der Waals surface area contributed by atoms with Crippen LogP contribution in [0.1, 0.15) is 61.8 Å². The van der Waals surface area contributed by atoms with Crippen LogP contribution in [0.3, 0.4) is 0 Å². The number of ether oxygens (including phenoxy) is 2. The second-order valence-corrected chi connectivity index (χ2v) is 13.7. The van der Waals surface area contributed by atoms with Crippen LogP contribution < -0.4 is 20.4 Å². The predicted octanol–water partition coefficient (Wildman–Crippen LogP) is 6.77. The Hall–Kier alpha value is -4.78. The number of amides is 1. The topological polar surface area (TPSA) is 129 Å². The molecule has 2 saturated heterocycles. The van der Waals surface area contributed by atoms with E-state index in [-0.39, 0.29) is 11.9 Å². The molecule has 0 bridgehead atoms. The Labute approximate surface area is 295 Å². The Kier molecular flexibility index (Phi) is 9.22. The lowest BCUT2D eigenvalue weighted by Crippen LogP contribution is -2.41. The van der Waals surface area contributed by atoms with Gasteiger partial charge in [0.1, 0.15) is 17.8 Å². The van der Waals surface area contributed by atoms with E-state index in [2.05, 4.69) is 56.4 Å². The Bertz CT molecular complexity index is 1970. The van der Waals surface area contributed by atoms with Crippen molar-refractivity contribution in [2.75, 3.05) is 24.7 Å². The quantitative estimate of drug-likeness (QED) is 0.171. The summed E-state index contributed by atoms with van der Waals surface area (Å²) >= 11 is 6.65. The van der Waals surface area contributed by atoms with E-state index in [1.807, 2.05) is 42.5 Å². The minimum atomic E-state index is -0.791. The van der Waals surface area contributed by atoms with Crippen LogP contribution in [0.5, 0.6) is 5.88 Å². The van der Waals surface area contributed by atoms with Crippen molar-refractivity contribution in [2.24, 2.45) is 11.8 Å². The van der Waals surface area contributed by atoms with Gasteiger partial charge in [-0.1, -0.05) is 92.0 Å². The largest absolute Gasteiger partial charge is 0.472 e. The van der Waals surface area contributed by atoms with Crippen LogP contribution in [0.25, 0.3) is 22.4 Å². The van der Waals surface area contributed by atoms with Gasteiger partial charge >= 0.3 is 6.09 Å². The summed E-state index contributed by atoms with van der Waals surface area (Å²) in [4.78, 5) is 39.4. The van der Waals surface area contributed by atoms with Crippen molar-refractivity contribution in [1.82, 2.24) is 35.3 Å². The van der Waals surface area contributed by atoms with E-state index < -0.39 is 12.3 Å². The molecule has 1 amide bonds.